The van der Waals surface area contributed by atoms with Gasteiger partial charge in [0.05, 0.1) is 6.26 Å². The maximum atomic E-state index is 5.32. The summed E-state index contributed by atoms with van der Waals surface area (Å²) in [6.45, 7) is 2.15. The first-order chi connectivity index (χ1) is 6.90. The van der Waals surface area contributed by atoms with Crippen molar-refractivity contribution < 1.29 is 4.42 Å². The number of hydrogen-bond acceptors (Lipinski definition) is 2. The zero-order chi connectivity index (χ0) is 9.80. The lowest BCUT2D eigenvalue weighted by molar-refractivity contribution is 0.582. The zero-order valence-corrected chi connectivity index (χ0v) is 8.23. The highest BCUT2D eigenvalue weighted by atomic mass is 16.3. The molecule has 0 aromatic carbocycles. The van der Waals surface area contributed by atoms with E-state index < -0.39 is 0 Å². The van der Waals surface area contributed by atoms with E-state index in [0.29, 0.717) is 0 Å². The third kappa shape index (κ3) is 1.84. The summed E-state index contributed by atoms with van der Waals surface area (Å²) in [7, 11) is 0. The molecular formula is C12H13NO. The Kier molecular flexibility index (Phi) is 2.63. The summed E-state index contributed by atoms with van der Waals surface area (Å²) in [5.41, 5.74) is 2.23. The molecule has 0 fully saturated rings. The molecule has 0 unspecified atom stereocenters. The summed E-state index contributed by atoms with van der Waals surface area (Å²) in [4.78, 5) is 4.30. The van der Waals surface area contributed by atoms with Gasteiger partial charge in [-0.05, 0) is 30.7 Å². The maximum absolute atomic E-state index is 5.32. The van der Waals surface area contributed by atoms with Gasteiger partial charge in [0.2, 0.25) is 0 Å². The van der Waals surface area contributed by atoms with Crippen LogP contribution in [0.25, 0.3) is 11.3 Å². The molecule has 2 rings (SSSR count). The molecular weight excluding hydrogens is 174 g/mol. The Morgan fingerprint density at radius 2 is 2.29 bits per heavy atom. The summed E-state index contributed by atoms with van der Waals surface area (Å²) in [5.74, 6) is 0.907. The normalized spacial score (nSPS) is 10.4. The molecule has 0 radical (unpaired) electrons. The number of aryl methyl sites for hydroxylation is 1. The second kappa shape index (κ2) is 4.09. The van der Waals surface area contributed by atoms with Crippen LogP contribution in [-0.2, 0) is 6.42 Å². The third-order valence-corrected chi connectivity index (χ3v) is 2.13. The quantitative estimate of drug-likeness (QED) is 0.736. The van der Waals surface area contributed by atoms with E-state index >= 15 is 0 Å². The van der Waals surface area contributed by atoms with Crippen molar-refractivity contribution in [2.45, 2.75) is 19.8 Å². The van der Waals surface area contributed by atoms with E-state index in [1.807, 2.05) is 24.4 Å². The highest BCUT2D eigenvalue weighted by molar-refractivity contribution is 5.56. The van der Waals surface area contributed by atoms with Crippen LogP contribution in [0.4, 0.5) is 0 Å². The Labute approximate surface area is 83.6 Å². The first-order valence-electron chi connectivity index (χ1n) is 4.89. The van der Waals surface area contributed by atoms with Crippen molar-refractivity contribution in [2.24, 2.45) is 0 Å². The molecule has 2 aromatic heterocycles. The van der Waals surface area contributed by atoms with Crippen molar-refractivity contribution in [3.63, 3.8) is 0 Å². The molecule has 2 nitrogen and oxygen atoms in total. The molecule has 0 aliphatic carbocycles. The van der Waals surface area contributed by atoms with Crippen molar-refractivity contribution in [3.8, 4) is 11.3 Å². The average molecular weight is 187 g/mol. The lowest BCUT2D eigenvalue weighted by atomic mass is 10.1. The molecule has 0 aliphatic rings. The molecule has 0 saturated heterocycles. The Morgan fingerprint density at radius 1 is 1.36 bits per heavy atom. The molecule has 2 aromatic rings. The zero-order valence-electron chi connectivity index (χ0n) is 8.23. The number of pyridine rings is 1. The van der Waals surface area contributed by atoms with Crippen LogP contribution in [0.1, 0.15) is 19.0 Å². The largest absolute Gasteiger partial charge is 0.464 e. The van der Waals surface area contributed by atoms with Gasteiger partial charge in [-0.3, -0.25) is 4.98 Å². The molecule has 14 heavy (non-hydrogen) atoms. The third-order valence-electron chi connectivity index (χ3n) is 2.13. The summed E-state index contributed by atoms with van der Waals surface area (Å²) in [6.07, 6.45) is 5.67. The van der Waals surface area contributed by atoms with Gasteiger partial charge in [0, 0.05) is 17.5 Å². The second-order valence-electron chi connectivity index (χ2n) is 3.26. The summed E-state index contributed by atoms with van der Waals surface area (Å²) in [6, 6.07) is 7.92. The van der Waals surface area contributed by atoms with Crippen molar-refractivity contribution in [3.05, 3.63) is 42.4 Å². The Morgan fingerprint density at radius 3 is 3.00 bits per heavy atom. The lowest BCUT2D eigenvalue weighted by Crippen LogP contribution is -1.88. The molecule has 0 saturated carbocycles. The number of furan rings is 1. The van der Waals surface area contributed by atoms with Gasteiger partial charge in [0.25, 0.3) is 0 Å². The SMILES string of the molecule is CCCc1cc(-c2ccco2)ccn1. The fraction of sp³-hybridized carbons (Fsp3) is 0.250. The van der Waals surface area contributed by atoms with Crippen LogP contribution in [0.2, 0.25) is 0 Å². The van der Waals surface area contributed by atoms with E-state index in [0.717, 1.165) is 29.9 Å². The first kappa shape index (κ1) is 9.00. The lowest BCUT2D eigenvalue weighted by Gasteiger charge is -2.00. The van der Waals surface area contributed by atoms with Gasteiger partial charge in [-0.1, -0.05) is 13.3 Å². The van der Waals surface area contributed by atoms with Crippen LogP contribution < -0.4 is 0 Å². The van der Waals surface area contributed by atoms with E-state index in [-0.39, 0.29) is 0 Å². The second-order valence-corrected chi connectivity index (χ2v) is 3.26. The minimum atomic E-state index is 0.907. The summed E-state index contributed by atoms with van der Waals surface area (Å²) >= 11 is 0. The highest BCUT2D eigenvalue weighted by Crippen LogP contribution is 2.19. The maximum Gasteiger partial charge on any atom is 0.133 e. The predicted molar refractivity (Wildman–Crippen MR) is 55.9 cm³/mol. The Bertz CT molecular complexity index is 392. The molecule has 0 atom stereocenters. The molecule has 0 N–H and O–H groups in total. The standard InChI is InChI=1S/C12H13NO/c1-2-4-11-9-10(6-7-13-11)12-5-3-8-14-12/h3,5-9H,2,4H2,1H3. The van der Waals surface area contributed by atoms with Crippen molar-refractivity contribution in [1.29, 1.82) is 0 Å². The summed E-state index contributed by atoms with van der Waals surface area (Å²) < 4.78 is 5.32. The molecule has 2 heterocycles. The topological polar surface area (TPSA) is 26.0 Å². The van der Waals surface area contributed by atoms with Gasteiger partial charge in [0.15, 0.2) is 0 Å². The molecule has 0 bridgehead atoms. The Hall–Kier alpha value is -1.57. The van der Waals surface area contributed by atoms with E-state index in [4.69, 9.17) is 4.42 Å². The molecule has 2 heteroatoms. The average Bonchev–Trinajstić information content (AvgIpc) is 2.71. The van der Waals surface area contributed by atoms with Crippen molar-refractivity contribution in [2.75, 3.05) is 0 Å². The number of rotatable bonds is 3. The number of nitrogens with zero attached hydrogens (tertiary/aromatic N) is 1. The van der Waals surface area contributed by atoms with E-state index in [1.165, 1.54) is 0 Å². The minimum absolute atomic E-state index is 0.907. The van der Waals surface area contributed by atoms with Crippen LogP contribution in [0.15, 0.2) is 41.1 Å². The Balaban J connectivity index is 2.31. The highest BCUT2D eigenvalue weighted by Gasteiger charge is 2.01. The van der Waals surface area contributed by atoms with Gasteiger partial charge in [0.1, 0.15) is 5.76 Å². The van der Waals surface area contributed by atoms with Gasteiger partial charge < -0.3 is 4.42 Å². The van der Waals surface area contributed by atoms with Crippen LogP contribution in [0.3, 0.4) is 0 Å². The molecule has 72 valence electrons. The fourth-order valence-electron chi connectivity index (χ4n) is 1.47. The van der Waals surface area contributed by atoms with Crippen molar-refractivity contribution >= 4 is 0 Å². The monoisotopic (exact) mass is 187 g/mol. The fourth-order valence-corrected chi connectivity index (χ4v) is 1.47. The van der Waals surface area contributed by atoms with E-state index in [9.17, 15) is 0 Å². The molecule has 0 aliphatic heterocycles. The number of hydrogen-bond donors (Lipinski definition) is 0. The van der Waals surface area contributed by atoms with Crippen LogP contribution >= 0.6 is 0 Å². The number of aromatic nitrogens is 1. The van der Waals surface area contributed by atoms with E-state index in [1.54, 1.807) is 6.26 Å². The minimum Gasteiger partial charge on any atom is -0.464 e. The van der Waals surface area contributed by atoms with Crippen LogP contribution in [0.5, 0.6) is 0 Å². The summed E-state index contributed by atoms with van der Waals surface area (Å²) in [5, 5.41) is 0. The van der Waals surface area contributed by atoms with Gasteiger partial charge >= 0.3 is 0 Å². The first-order valence-corrected chi connectivity index (χ1v) is 4.89. The van der Waals surface area contributed by atoms with Gasteiger partial charge in [-0.2, -0.15) is 0 Å². The smallest absolute Gasteiger partial charge is 0.133 e. The van der Waals surface area contributed by atoms with Gasteiger partial charge in [-0.15, -0.1) is 0 Å². The molecule has 0 spiro atoms. The van der Waals surface area contributed by atoms with Gasteiger partial charge in [-0.25, -0.2) is 0 Å². The van der Waals surface area contributed by atoms with E-state index in [2.05, 4.69) is 18.0 Å². The van der Waals surface area contributed by atoms with Crippen LogP contribution in [-0.4, -0.2) is 4.98 Å². The van der Waals surface area contributed by atoms with Crippen LogP contribution in [0, 0.1) is 0 Å². The van der Waals surface area contributed by atoms with Crippen molar-refractivity contribution in [1.82, 2.24) is 4.98 Å². The predicted octanol–water partition coefficient (Wildman–Crippen LogP) is 3.29. The molecule has 0 amide bonds.